The lowest BCUT2D eigenvalue weighted by Gasteiger charge is -2.19. The van der Waals surface area contributed by atoms with Crippen molar-refractivity contribution in [3.05, 3.63) is 53.8 Å². The maximum Gasteiger partial charge on any atom is 0.224 e. The second-order valence-electron chi connectivity index (χ2n) is 6.95. The van der Waals surface area contributed by atoms with Crippen LogP contribution >= 0.6 is 24.0 Å². The van der Waals surface area contributed by atoms with Gasteiger partial charge in [0.05, 0.1) is 13.1 Å². The highest BCUT2D eigenvalue weighted by Crippen LogP contribution is 2.26. The highest BCUT2D eigenvalue weighted by molar-refractivity contribution is 14.0. The lowest BCUT2D eigenvalue weighted by atomic mass is 10.0. The molecule has 0 saturated heterocycles. The molecule has 1 aliphatic heterocycles. The van der Waals surface area contributed by atoms with Crippen molar-refractivity contribution in [2.45, 2.75) is 25.9 Å². The molecule has 2 aromatic carbocycles. The molecule has 0 saturated carbocycles. The number of ether oxygens (including phenoxy) is 2. The number of fused-ring (bicyclic) bond motifs is 1. The van der Waals surface area contributed by atoms with E-state index in [-0.39, 0.29) is 47.6 Å². The summed E-state index contributed by atoms with van der Waals surface area (Å²) in [6.45, 7) is 3.32. The minimum absolute atomic E-state index is 0. The number of aliphatic imine (C=N–C) groups is 1. The van der Waals surface area contributed by atoms with Gasteiger partial charge in [-0.25, -0.2) is 4.39 Å². The van der Waals surface area contributed by atoms with Crippen molar-refractivity contribution in [1.29, 1.82) is 0 Å². The zero-order valence-corrected chi connectivity index (χ0v) is 19.9. The Morgan fingerprint density at radius 1 is 1.23 bits per heavy atom. The van der Waals surface area contributed by atoms with Crippen LogP contribution in [-0.2, 0) is 11.2 Å². The largest absolute Gasteiger partial charge is 0.492 e. The van der Waals surface area contributed by atoms with Gasteiger partial charge >= 0.3 is 0 Å². The van der Waals surface area contributed by atoms with Crippen LogP contribution < -0.4 is 25.4 Å². The Morgan fingerprint density at radius 2 is 2.03 bits per heavy atom. The number of guanidine groups is 1. The first-order valence-electron chi connectivity index (χ1n) is 9.96. The SMILES string of the molecule is CN=C(NCCOc1ccc2c(c1)CCC(=O)N2)NCC(C)Oc1ccccc1F.I. The smallest absolute Gasteiger partial charge is 0.224 e. The van der Waals surface area contributed by atoms with Gasteiger partial charge in [-0.15, -0.1) is 24.0 Å². The molecule has 0 aliphatic carbocycles. The number of hydrogen-bond donors (Lipinski definition) is 3. The van der Waals surface area contributed by atoms with Gasteiger partial charge in [0.2, 0.25) is 5.91 Å². The fourth-order valence-electron chi connectivity index (χ4n) is 3.05. The van der Waals surface area contributed by atoms with Crippen molar-refractivity contribution in [2.75, 3.05) is 32.1 Å². The number of amides is 1. The Labute approximate surface area is 198 Å². The average Bonchev–Trinajstić information content (AvgIpc) is 2.75. The van der Waals surface area contributed by atoms with E-state index in [1.807, 2.05) is 25.1 Å². The maximum atomic E-state index is 13.7. The van der Waals surface area contributed by atoms with Crippen LogP contribution in [0.1, 0.15) is 18.9 Å². The van der Waals surface area contributed by atoms with Crippen molar-refractivity contribution < 1.29 is 18.7 Å². The van der Waals surface area contributed by atoms with Crippen molar-refractivity contribution in [3.63, 3.8) is 0 Å². The highest BCUT2D eigenvalue weighted by Gasteiger charge is 2.15. The first-order valence-corrected chi connectivity index (χ1v) is 9.96. The summed E-state index contributed by atoms with van der Waals surface area (Å²) >= 11 is 0. The number of rotatable bonds is 8. The third-order valence-electron chi connectivity index (χ3n) is 4.58. The molecular weight excluding hydrogens is 514 g/mol. The van der Waals surface area contributed by atoms with E-state index in [2.05, 4.69) is 20.9 Å². The van der Waals surface area contributed by atoms with Gasteiger partial charge in [0, 0.05) is 19.2 Å². The number of carbonyl (C=O) groups excluding carboxylic acids is 1. The highest BCUT2D eigenvalue weighted by atomic mass is 127. The van der Waals surface area contributed by atoms with Crippen LogP contribution in [0.3, 0.4) is 0 Å². The molecule has 7 nitrogen and oxygen atoms in total. The zero-order valence-electron chi connectivity index (χ0n) is 17.6. The molecule has 0 spiro atoms. The Morgan fingerprint density at radius 3 is 2.81 bits per heavy atom. The number of nitrogens with one attached hydrogen (secondary N) is 3. The molecule has 1 amide bonds. The minimum atomic E-state index is -0.381. The van der Waals surface area contributed by atoms with Crippen molar-refractivity contribution in [2.24, 2.45) is 4.99 Å². The van der Waals surface area contributed by atoms with E-state index >= 15 is 0 Å². The van der Waals surface area contributed by atoms with Gasteiger partial charge in [0.25, 0.3) is 0 Å². The van der Waals surface area contributed by atoms with Gasteiger partial charge < -0.3 is 25.4 Å². The van der Waals surface area contributed by atoms with E-state index < -0.39 is 0 Å². The van der Waals surface area contributed by atoms with Gasteiger partial charge in [-0.1, -0.05) is 12.1 Å². The third-order valence-corrected chi connectivity index (χ3v) is 4.58. The second-order valence-corrected chi connectivity index (χ2v) is 6.95. The second kappa shape index (κ2) is 12.3. The summed E-state index contributed by atoms with van der Waals surface area (Å²) in [5.74, 6) is 1.27. The summed E-state index contributed by atoms with van der Waals surface area (Å²) < 4.78 is 25.0. The molecule has 3 rings (SSSR count). The van der Waals surface area contributed by atoms with E-state index in [1.54, 1.807) is 25.2 Å². The van der Waals surface area contributed by atoms with Crippen LogP contribution in [0.4, 0.5) is 10.1 Å². The Balaban J connectivity index is 0.00000341. The van der Waals surface area contributed by atoms with Crippen LogP contribution in [0.2, 0.25) is 0 Å². The molecule has 0 aromatic heterocycles. The van der Waals surface area contributed by atoms with Crippen LogP contribution in [-0.4, -0.2) is 44.7 Å². The van der Waals surface area contributed by atoms with Crippen LogP contribution in [0.25, 0.3) is 0 Å². The topological polar surface area (TPSA) is 84.0 Å². The molecule has 2 aromatic rings. The van der Waals surface area contributed by atoms with E-state index in [4.69, 9.17) is 9.47 Å². The lowest BCUT2D eigenvalue weighted by Crippen LogP contribution is -2.43. The Bertz CT molecular complexity index is 910. The number of anilines is 1. The van der Waals surface area contributed by atoms with Gasteiger partial charge in [-0.3, -0.25) is 9.79 Å². The molecule has 1 unspecified atom stereocenters. The minimum Gasteiger partial charge on any atom is -0.492 e. The molecular formula is C22H28FIN4O3. The number of hydrogen-bond acceptors (Lipinski definition) is 4. The molecule has 1 heterocycles. The summed E-state index contributed by atoms with van der Waals surface area (Å²) in [6, 6.07) is 12.0. The van der Waals surface area contributed by atoms with Crippen LogP contribution in [0.15, 0.2) is 47.5 Å². The number of benzene rings is 2. The molecule has 1 atom stereocenters. The van der Waals surface area contributed by atoms with Gasteiger partial charge in [-0.2, -0.15) is 0 Å². The van der Waals surface area contributed by atoms with Gasteiger partial charge in [0.1, 0.15) is 18.5 Å². The number of halogens is 2. The standard InChI is InChI=1S/C22H27FN4O3.HI/c1-15(30-20-6-4-3-5-18(20)23)14-26-22(24-2)25-11-12-29-17-8-9-19-16(13-17)7-10-21(28)27-19;/h3-6,8-9,13,15H,7,10-12,14H2,1-2H3,(H,27,28)(H2,24,25,26);1H. The molecule has 9 heteroatoms. The fourth-order valence-corrected chi connectivity index (χ4v) is 3.05. The number of para-hydroxylation sites is 1. The number of aryl methyl sites for hydroxylation is 1. The fraction of sp³-hybridized carbons (Fsp3) is 0.364. The predicted octanol–water partition coefficient (Wildman–Crippen LogP) is 3.34. The summed E-state index contributed by atoms with van der Waals surface area (Å²) in [4.78, 5) is 15.6. The number of carbonyl (C=O) groups is 1. The van der Waals surface area contributed by atoms with E-state index in [1.165, 1.54) is 6.07 Å². The molecule has 31 heavy (non-hydrogen) atoms. The molecule has 1 aliphatic rings. The molecule has 3 N–H and O–H groups in total. The van der Waals surface area contributed by atoms with Crippen molar-refractivity contribution in [1.82, 2.24) is 10.6 Å². The van der Waals surface area contributed by atoms with Crippen LogP contribution in [0, 0.1) is 5.82 Å². The molecule has 0 bridgehead atoms. The Hall–Kier alpha value is -2.56. The Kier molecular flexibility index (Phi) is 9.83. The summed E-state index contributed by atoms with van der Waals surface area (Å²) in [7, 11) is 1.68. The summed E-state index contributed by atoms with van der Waals surface area (Å²) in [6.07, 6.45) is 0.979. The molecule has 168 valence electrons. The van der Waals surface area contributed by atoms with Crippen molar-refractivity contribution in [3.8, 4) is 11.5 Å². The first-order chi connectivity index (χ1) is 14.5. The summed E-state index contributed by atoms with van der Waals surface area (Å²) in [5.41, 5.74) is 1.94. The predicted molar refractivity (Wildman–Crippen MR) is 130 cm³/mol. The van der Waals surface area contributed by atoms with E-state index in [0.29, 0.717) is 32.1 Å². The first kappa shape index (κ1) is 24.7. The van der Waals surface area contributed by atoms with Crippen molar-refractivity contribution >= 4 is 41.5 Å². The number of nitrogens with zero attached hydrogens (tertiary/aromatic N) is 1. The molecule has 0 fully saturated rings. The van der Waals surface area contributed by atoms with E-state index in [0.717, 1.165) is 23.4 Å². The van der Waals surface area contributed by atoms with Crippen LogP contribution in [0.5, 0.6) is 11.5 Å². The van der Waals surface area contributed by atoms with Gasteiger partial charge in [0.15, 0.2) is 17.5 Å². The van der Waals surface area contributed by atoms with Gasteiger partial charge in [-0.05, 0) is 49.2 Å². The van der Waals surface area contributed by atoms with E-state index in [9.17, 15) is 9.18 Å². The molecule has 0 radical (unpaired) electrons. The lowest BCUT2D eigenvalue weighted by molar-refractivity contribution is -0.116. The zero-order chi connectivity index (χ0) is 21.3. The maximum absolute atomic E-state index is 13.7. The average molecular weight is 542 g/mol. The third kappa shape index (κ3) is 7.57. The monoisotopic (exact) mass is 542 g/mol. The summed E-state index contributed by atoms with van der Waals surface area (Å²) in [5, 5.41) is 9.17. The quantitative estimate of drug-likeness (QED) is 0.206. The normalized spacial score (nSPS) is 13.9.